The van der Waals surface area contributed by atoms with Crippen LogP contribution in [0.3, 0.4) is 0 Å². The molecule has 1 atom stereocenters. The number of morpholine rings is 2. The van der Waals surface area contributed by atoms with Gasteiger partial charge >= 0.3 is 0 Å². The Kier molecular flexibility index (Phi) is 6.03. The van der Waals surface area contributed by atoms with E-state index in [0.29, 0.717) is 43.1 Å². The van der Waals surface area contributed by atoms with Gasteiger partial charge in [-0.3, -0.25) is 4.79 Å². The molecule has 9 nitrogen and oxygen atoms in total. The van der Waals surface area contributed by atoms with Gasteiger partial charge in [-0.1, -0.05) is 18.2 Å². The van der Waals surface area contributed by atoms with Gasteiger partial charge in [-0.25, -0.2) is 4.98 Å². The highest BCUT2D eigenvalue weighted by Gasteiger charge is 2.36. The van der Waals surface area contributed by atoms with Crippen LogP contribution >= 0.6 is 0 Å². The lowest BCUT2D eigenvalue weighted by molar-refractivity contribution is -0.00831. The van der Waals surface area contributed by atoms with Gasteiger partial charge in [0.05, 0.1) is 36.6 Å². The zero-order valence-electron chi connectivity index (χ0n) is 17.2. The molecule has 0 spiro atoms. The fraction of sp³-hybridized carbons (Fsp3) is 0.500. The predicted molar refractivity (Wildman–Crippen MR) is 111 cm³/mol. The minimum absolute atomic E-state index is 0.136. The van der Waals surface area contributed by atoms with Crippen LogP contribution in [0.15, 0.2) is 30.3 Å². The highest BCUT2D eigenvalue weighted by atomic mass is 32.2. The number of hydrogen-bond acceptors (Lipinski definition) is 6. The molecule has 1 amide bonds. The van der Waals surface area contributed by atoms with E-state index in [-0.39, 0.29) is 25.6 Å². The molecule has 2 saturated heterocycles. The van der Waals surface area contributed by atoms with Crippen molar-refractivity contribution in [1.82, 2.24) is 18.5 Å². The topological polar surface area (TPSA) is 92.3 Å². The third-order valence-corrected chi connectivity index (χ3v) is 7.36. The largest absolute Gasteiger partial charge is 0.379 e. The molecule has 162 valence electrons. The van der Waals surface area contributed by atoms with E-state index in [1.165, 1.54) is 13.5 Å². The Balaban J connectivity index is 1.66. The van der Waals surface area contributed by atoms with Crippen LogP contribution in [-0.4, -0.2) is 92.9 Å². The summed E-state index contributed by atoms with van der Waals surface area (Å²) in [4.78, 5) is 19.0. The first-order valence-electron chi connectivity index (χ1n) is 9.94. The van der Waals surface area contributed by atoms with Gasteiger partial charge in [-0.15, -0.1) is 0 Å². The predicted octanol–water partition coefficient (Wildman–Crippen LogP) is 0.887. The molecule has 4 rings (SSSR count). The van der Waals surface area contributed by atoms with E-state index in [0.717, 1.165) is 5.39 Å². The van der Waals surface area contributed by atoms with E-state index in [4.69, 9.17) is 9.47 Å². The van der Waals surface area contributed by atoms with Gasteiger partial charge in [-0.2, -0.15) is 17.0 Å². The fourth-order valence-corrected chi connectivity index (χ4v) is 5.30. The summed E-state index contributed by atoms with van der Waals surface area (Å²) in [6.45, 7) is 2.19. The Hall–Kier alpha value is -2.11. The van der Waals surface area contributed by atoms with Gasteiger partial charge in [0.1, 0.15) is 6.10 Å². The molecule has 0 radical (unpaired) electrons. The number of para-hydroxylation sites is 1. The summed E-state index contributed by atoms with van der Waals surface area (Å²) >= 11 is 0. The standard InChI is InChI=1S/C20H26N4O5S/c1-22(2)20(25)16-13-18(21-17-6-4-3-5-15(16)17)19-14-24(9-12-29-19)30(26,27)23-7-10-28-11-8-23/h3-6,13,19H,7-12,14H2,1-2H3. The Labute approximate surface area is 176 Å². The SMILES string of the molecule is CN(C)C(=O)c1cc(C2CN(S(=O)(=O)N3CCOCC3)CCO2)nc2ccccc12. The zero-order chi connectivity index (χ0) is 21.3. The maximum atomic E-state index is 13.1. The number of carbonyl (C=O) groups excluding carboxylic acids is 1. The molecule has 0 saturated carbocycles. The first-order chi connectivity index (χ1) is 14.4. The van der Waals surface area contributed by atoms with Crippen LogP contribution in [-0.2, 0) is 19.7 Å². The van der Waals surface area contributed by atoms with Gasteiger partial charge in [0, 0.05) is 45.7 Å². The number of fused-ring (bicyclic) bond motifs is 1. The first-order valence-corrected chi connectivity index (χ1v) is 11.3. The molecule has 1 unspecified atom stereocenters. The lowest BCUT2D eigenvalue weighted by atomic mass is 10.0. The second kappa shape index (κ2) is 8.56. The summed E-state index contributed by atoms with van der Waals surface area (Å²) in [5.74, 6) is -0.136. The summed E-state index contributed by atoms with van der Waals surface area (Å²) < 4.78 is 40.2. The zero-order valence-corrected chi connectivity index (χ0v) is 18.0. The van der Waals surface area contributed by atoms with E-state index >= 15 is 0 Å². The minimum Gasteiger partial charge on any atom is -0.379 e. The number of rotatable bonds is 4. The van der Waals surface area contributed by atoms with Crippen LogP contribution in [0.2, 0.25) is 0 Å². The molecule has 30 heavy (non-hydrogen) atoms. The highest BCUT2D eigenvalue weighted by Crippen LogP contribution is 2.28. The number of benzene rings is 1. The molecule has 0 N–H and O–H groups in total. The third-order valence-electron chi connectivity index (χ3n) is 5.35. The van der Waals surface area contributed by atoms with Crippen molar-refractivity contribution < 1.29 is 22.7 Å². The molecule has 2 aliphatic heterocycles. The number of pyridine rings is 1. The average molecular weight is 435 g/mol. The molecule has 3 heterocycles. The van der Waals surface area contributed by atoms with Crippen LogP contribution in [0.4, 0.5) is 0 Å². The van der Waals surface area contributed by atoms with E-state index in [1.807, 2.05) is 24.3 Å². The molecule has 1 aromatic carbocycles. The molecule has 2 aliphatic rings. The molecular formula is C20H26N4O5S. The van der Waals surface area contributed by atoms with Crippen molar-refractivity contribution in [3.63, 3.8) is 0 Å². The van der Waals surface area contributed by atoms with Crippen molar-refractivity contribution in [1.29, 1.82) is 0 Å². The average Bonchev–Trinajstić information content (AvgIpc) is 2.78. The number of amides is 1. The van der Waals surface area contributed by atoms with Gasteiger partial charge in [0.2, 0.25) is 0 Å². The second-order valence-corrected chi connectivity index (χ2v) is 9.48. The quantitative estimate of drug-likeness (QED) is 0.710. The Morgan fingerprint density at radius 3 is 2.53 bits per heavy atom. The second-order valence-electron chi connectivity index (χ2n) is 7.55. The van der Waals surface area contributed by atoms with E-state index in [9.17, 15) is 13.2 Å². The molecule has 0 aliphatic carbocycles. The van der Waals surface area contributed by atoms with Crippen molar-refractivity contribution in [2.24, 2.45) is 0 Å². The van der Waals surface area contributed by atoms with Crippen molar-refractivity contribution in [2.75, 3.05) is 60.1 Å². The number of hydrogen-bond donors (Lipinski definition) is 0. The van der Waals surface area contributed by atoms with Crippen molar-refractivity contribution in [2.45, 2.75) is 6.10 Å². The van der Waals surface area contributed by atoms with Crippen molar-refractivity contribution >= 4 is 27.0 Å². The van der Waals surface area contributed by atoms with Crippen LogP contribution in [0.25, 0.3) is 10.9 Å². The van der Waals surface area contributed by atoms with Crippen molar-refractivity contribution in [3.05, 3.63) is 41.6 Å². The molecular weight excluding hydrogens is 408 g/mol. The summed E-state index contributed by atoms with van der Waals surface area (Å²) in [5, 5.41) is 0.758. The molecule has 10 heteroatoms. The normalized spacial score (nSPS) is 21.6. The first kappa shape index (κ1) is 21.1. The Morgan fingerprint density at radius 2 is 1.80 bits per heavy atom. The Bertz CT molecular complexity index is 1040. The summed E-state index contributed by atoms with van der Waals surface area (Å²) in [7, 11) is -0.206. The smallest absolute Gasteiger partial charge is 0.282 e. The minimum atomic E-state index is -3.60. The van der Waals surface area contributed by atoms with Gasteiger partial charge in [0.15, 0.2) is 0 Å². The van der Waals surface area contributed by atoms with E-state index < -0.39 is 16.3 Å². The van der Waals surface area contributed by atoms with Gasteiger partial charge in [0.25, 0.3) is 16.1 Å². The van der Waals surface area contributed by atoms with Crippen molar-refractivity contribution in [3.8, 4) is 0 Å². The number of nitrogens with zero attached hydrogens (tertiary/aromatic N) is 4. The fourth-order valence-electron chi connectivity index (χ4n) is 3.73. The molecule has 0 bridgehead atoms. The van der Waals surface area contributed by atoms with Crippen LogP contribution < -0.4 is 0 Å². The maximum Gasteiger partial charge on any atom is 0.282 e. The molecule has 1 aromatic heterocycles. The number of carbonyl (C=O) groups is 1. The maximum absolute atomic E-state index is 13.1. The molecule has 2 aromatic rings. The monoisotopic (exact) mass is 434 g/mol. The summed E-state index contributed by atoms with van der Waals surface area (Å²) in [6, 6.07) is 9.15. The van der Waals surface area contributed by atoms with E-state index in [2.05, 4.69) is 4.98 Å². The molecule has 2 fully saturated rings. The van der Waals surface area contributed by atoms with Crippen LogP contribution in [0.5, 0.6) is 0 Å². The van der Waals surface area contributed by atoms with Gasteiger partial charge in [-0.05, 0) is 12.1 Å². The summed E-state index contributed by atoms with van der Waals surface area (Å²) in [6.07, 6.45) is -0.548. The van der Waals surface area contributed by atoms with Crippen LogP contribution in [0, 0.1) is 0 Å². The van der Waals surface area contributed by atoms with Crippen LogP contribution in [0.1, 0.15) is 22.2 Å². The lowest BCUT2D eigenvalue weighted by Gasteiger charge is -2.36. The third kappa shape index (κ3) is 4.06. The Morgan fingerprint density at radius 1 is 1.10 bits per heavy atom. The lowest BCUT2D eigenvalue weighted by Crippen LogP contribution is -2.52. The van der Waals surface area contributed by atoms with E-state index in [1.54, 1.807) is 20.2 Å². The summed E-state index contributed by atoms with van der Waals surface area (Å²) in [5.41, 5.74) is 1.76. The number of aromatic nitrogens is 1. The highest BCUT2D eigenvalue weighted by molar-refractivity contribution is 7.86. The number of ether oxygens (including phenoxy) is 2. The van der Waals surface area contributed by atoms with Gasteiger partial charge < -0.3 is 14.4 Å².